The lowest BCUT2D eigenvalue weighted by atomic mass is 10.1. The van der Waals surface area contributed by atoms with Crippen molar-refractivity contribution in [2.24, 2.45) is 5.92 Å². The lowest BCUT2D eigenvalue weighted by Crippen LogP contribution is -2.32. The minimum atomic E-state index is -0.346. The largest absolute Gasteiger partial charge is 0.494 e. The minimum Gasteiger partial charge on any atom is -0.494 e. The molecule has 1 N–H and O–H groups in total. The van der Waals surface area contributed by atoms with Crippen LogP contribution in [0, 0.1) is 5.92 Å². The fourth-order valence-corrected chi connectivity index (χ4v) is 3.28. The molecule has 3 rings (SSSR count). The highest BCUT2D eigenvalue weighted by Crippen LogP contribution is 2.27. The number of anilines is 1. The van der Waals surface area contributed by atoms with Gasteiger partial charge in [0.25, 0.3) is 0 Å². The number of nitrogens with one attached hydrogen (secondary N) is 1. The fraction of sp³-hybridized carbons (Fsp3) is 0.391. The topological polar surface area (TPSA) is 67.9 Å². The fourth-order valence-electron chi connectivity index (χ4n) is 3.28. The summed E-state index contributed by atoms with van der Waals surface area (Å²) >= 11 is 0. The highest BCUT2D eigenvalue weighted by molar-refractivity contribution is 6.00. The SMILES string of the molecule is CCCOc1ccc(N2C[C@@H](C(=O)NCc3ccc(OCC)cc3)CC2=O)cc1. The number of hydrogen-bond donors (Lipinski definition) is 1. The van der Waals surface area contributed by atoms with Crippen molar-refractivity contribution in [1.29, 1.82) is 0 Å². The van der Waals surface area contributed by atoms with E-state index in [0.717, 1.165) is 29.2 Å². The molecule has 6 heteroatoms. The Kier molecular flexibility index (Phi) is 7.11. The number of ether oxygens (including phenoxy) is 2. The van der Waals surface area contributed by atoms with Crippen LogP contribution in [0.1, 0.15) is 32.3 Å². The molecule has 0 aromatic heterocycles. The van der Waals surface area contributed by atoms with Gasteiger partial charge in [0.05, 0.1) is 19.1 Å². The summed E-state index contributed by atoms with van der Waals surface area (Å²) in [6.45, 7) is 6.10. The molecular formula is C23H28N2O4. The molecule has 2 aromatic rings. The summed E-state index contributed by atoms with van der Waals surface area (Å²) in [4.78, 5) is 26.6. The van der Waals surface area contributed by atoms with E-state index in [2.05, 4.69) is 12.2 Å². The second-order valence-electron chi connectivity index (χ2n) is 7.04. The molecule has 6 nitrogen and oxygen atoms in total. The van der Waals surface area contributed by atoms with Gasteiger partial charge in [-0.05, 0) is 55.3 Å². The van der Waals surface area contributed by atoms with Crippen molar-refractivity contribution in [3.05, 3.63) is 54.1 Å². The van der Waals surface area contributed by atoms with Crippen molar-refractivity contribution >= 4 is 17.5 Å². The number of rotatable bonds is 9. The number of carbonyl (C=O) groups is 2. The first-order chi connectivity index (χ1) is 14.1. The van der Waals surface area contributed by atoms with Gasteiger partial charge in [-0.15, -0.1) is 0 Å². The van der Waals surface area contributed by atoms with Crippen LogP contribution in [-0.2, 0) is 16.1 Å². The Morgan fingerprint density at radius 1 is 1.03 bits per heavy atom. The molecule has 29 heavy (non-hydrogen) atoms. The predicted octanol–water partition coefficient (Wildman–Crippen LogP) is 3.54. The molecule has 0 unspecified atom stereocenters. The van der Waals surface area contributed by atoms with E-state index in [1.54, 1.807) is 4.90 Å². The van der Waals surface area contributed by atoms with Crippen molar-refractivity contribution in [1.82, 2.24) is 5.32 Å². The van der Waals surface area contributed by atoms with Gasteiger partial charge in [-0.2, -0.15) is 0 Å². The molecule has 154 valence electrons. The molecule has 1 heterocycles. The van der Waals surface area contributed by atoms with Crippen LogP contribution in [0.4, 0.5) is 5.69 Å². The van der Waals surface area contributed by atoms with E-state index in [9.17, 15) is 9.59 Å². The molecule has 0 spiro atoms. The Balaban J connectivity index is 1.53. The first-order valence-electron chi connectivity index (χ1n) is 10.1. The maximum absolute atomic E-state index is 12.5. The molecule has 2 aromatic carbocycles. The number of benzene rings is 2. The summed E-state index contributed by atoms with van der Waals surface area (Å²) in [7, 11) is 0. The predicted molar refractivity (Wildman–Crippen MR) is 112 cm³/mol. The monoisotopic (exact) mass is 396 g/mol. The highest BCUT2D eigenvalue weighted by Gasteiger charge is 2.35. The second-order valence-corrected chi connectivity index (χ2v) is 7.04. The maximum atomic E-state index is 12.5. The van der Waals surface area contributed by atoms with E-state index < -0.39 is 0 Å². The molecule has 1 aliphatic heterocycles. The van der Waals surface area contributed by atoms with Crippen LogP contribution in [0.5, 0.6) is 11.5 Å². The Bertz CT molecular complexity index is 818. The molecule has 0 bridgehead atoms. The molecule has 0 aliphatic carbocycles. The zero-order chi connectivity index (χ0) is 20.6. The quantitative estimate of drug-likeness (QED) is 0.704. The Morgan fingerprint density at radius 3 is 2.34 bits per heavy atom. The van der Waals surface area contributed by atoms with Crippen LogP contribution in [0.15, 0.2) is 48.5 Å². The van der Waals surface area contributed by atoms with Crippen molar-refractivity contribution in [3.63, 3.8) is 0 Å². The molecule has 0 saturated carbocycles. The standard InChI is InChI=1S/C23H28N2O4/c1-3-13-29-21-11-7-19(8-12-21)25-16-18(14-22(25)26)23(27)24-15-17-5-9-20(10-6-17)28-4-2/h5-12,18H,3-4,13-16H2,1-2H3,(H,24,27)/t18-/m0/s1. The summed E-state index contributed by atoms with van der Waals surface area (Å²) < 4.78 is 11.0. The van der Waals surface area contributed by atoms with E-state index in [-0.39, 0.29) is 24.2 Å². The molecule has 0 radical (unpaired) electrons. The van der Waals surface area contributed by atoms with E-state index >= 15 is 0 Å². The summed E-state index contributed by atoms with van der Waals surface area (Å²) in [5.41, 5.74) is 1.78. The zero-order valence-electron chi connectivity index (χ0n) is 17.0. The van der Waals surface area contributed by atoms with Gasteiger partial charge < -0.3 is 19.7 Å². The van der Waals surface area contributed by atoms with Crippen molar-refractivity contribution < 1.29 is 19.1 Å². The maximum Gasteiger partial charge on any atom is 0.227 e. The minimum absolute atomic E-state index is 0.0338. The summed E-state index contributed by atoms with van der Waals surface area (Å²) in [5.74, 6) is 1.12. The van der Waals surface area contributed by atoms with Gasteiger partial charge in [-0.3, -0.25) is 9.59 Å². The van der Waals surface area contributed by atoms with Gasteiger partial charge in [-0.1, -0.05) is 19.1 Å². The number of amides is 2. The third kappa shape index (κ3) is 5.50. The van der Waals surface area contributed by atoms with E-state index in [1.165, 1.54) is 0 Å². The molecule has 2 amide bonds. The third-order valence-electron chi connectivity index (χ3n) is 4.82. The van der Waals surface area contributed by atoms with E-state index in [0.29, 0.717) is 26.3 Å². The molecule has 1 saturated heterocycles. The number of carbonyl (C=O) groups excluding carboxylic acids is 2. The first-order valence-corrected chi connectivity index (χ1v) is 10.1. The van der Waals surface area contributed by atoms with Gasteiger partial charge in [0.1, 0.15) is 11.5 Å². The van der Waals surface area contributed by atoms with Crippen LogP contribution in [0.3, 0.4) is 0 Å². The van der Waals surface area contributed by atoms with Crippen molar-refractivity contribution in [3.8, 4) is 11.5 Å². The Morgan fingerprint density at radius 2 is 1.69 bits per heavy atom. The second kappa shape index (κ2) is 9.96. The van der Waals surface area contributed by atoms with Gasteiger partial charge in [-0.25, -0.2) is 0 Å². The van der Waals surface area contributed by atoms with Crippen LogP contribution in [0.2, 0.25) is 0 Å². The first kappa shape index (κ1) is 20.7. The lowest BCUT2D eigenvalue weighted by molar-refractivity contribution is -0.126. The van der Waals surface area contributed by atoms with E-state index in [1.807, 2.05) is 55.5 Å². The average molecular weight is 396 g/mol. The van der Waals surface area contributed by atoms with Crippen LogP contribution in [-0.4, -0.2) is 31.6 Å². The average Bonchev–Trinajstić information content (AvgIpc) is 3.14. The highest BCUT2D eigenvalue weighted by atomic mass is 16.5. The summed E-state index contributed by atoms with van der Waals surface area (Å²) in [6, 6.07) is 15.1. The lowest BCUT2D eigenvalue weighted by Gasteiger charge is -2.17. The smallest absolute Gasteiger partial charge is 0.227 e. The summed E-state index contributed by atoms with van der Waals surface area (Å²) in [6.07, 6.45) is 1.17. The number of hydrogen-bond acceptors (Lipinski definition) is 4. The van der Waals surface area contributed by atoms with E-state index in [4.69, 9.17) is 9.47 Å². The van der Waals surface area contributed by atoms with Gasteiger partial charge >= 0.3 is 0 Å². The summed E-state index contributed by atoms with van der Waals surface area (Å²) in [5, 5.41) is 2.94. The van der Waals surface area contributed by atoms with Gasteiger partial charge in [0.2, 0.25) is 11.8 Å². The van der Waals surface area contributed by atoms with Crippen molar-refractivity contribution in [2.45, 2.75) is 33.2 Å². The van der Waals surface area contributed by atoms with Crippen LogP contribution in [0.25, 0.3) is 0 Å². The zero-order valence-corrected chi connectivity index (χ0v) is 17.0. The molecule has 1 atom stereocenters. The van der Waals surface area contributed by atoms with Crippen LogP contribution >= 0.6 is 0 Å². The normalized spacial score (nSPS) is 16.0. The number of nitrogens with zero attached hydrogens (tertiary/aromatic N) is 1. The van der Waals surface area contributed by atoms with Gasteiger partial charge in [0.15, 0.2) is 0 Å². The third-order valence-corrected chi connectivity index (χ3v) is 4.82. The van der Waals surface area contributed by atoms with Crippen LogP contribution < -0.4 is 19.7 Å². The molecule has 1 aliphatic rings. The van der Waals surface area contributed by atoms with Gasteiger partial charge in [0, 0.05) is 25.2 Å². The molecule has 1 fully saturated rings. The Hall–Kier alpha value is -3.02. The van der Waals surface area contributed by atoms with Crippen molar-refractivity contribution in [2.75, 3.05) is 24.7 Å². The Labute approximate surface area is 171 Å². The molecular weight excluding hydrogens is 368 g/mol.